The zero-order chi connectivity index (χ0) is 22.7. The van der Waals surface area contributed by atoms with Crippen molar-refractivity contribution in [3.63, 3.8) is 0 Å². The highest BCUT2D eigenvalue weighted by Gasteiger charge is 2.30. The zero-order valence-electron chi connectivity index (χ0n) is 18.1. The molecule has 1 atom stereocenters. The number of ketones is 1. The molecule has 0 bridgehead atoms. The number of carbonyl (C=O) groups excluding carboxylic acids is 3. The lowest BCUT2D eigenvalue weighted by molar-refractivity contribution is -0.118. The van der Waals surface area contributed by atoms with Gasteiger partial charge < -0.3 is 20.3 Å². The molecular formula is C22H28FN3O4. The van der Waals surface area contributed by atoms with Crippen molar-refractivity contribution in [3.8, 4) is 0 Å². The molecule has 0 aliphatic carbocycles. The van der Waals surface area contributed by atoms with Crippen LogP contribution >= 0.6 is 0 Å². The molecule has 0 saturated carbocycles. The number of aromatic nitrogens is 1. The Hall–Kier alpha value is -3.00. The first-order chi connectivity index (χ1) is 14.0. The lowest BCUT2D eigenvalue weighted by atomic mass is 10.0. The van der Waals surface area contributed by atoms with Gasteiger partial charge in [0.1, 0.15) is 5.82 Å². The summed E-state index contributed by atoms with van der Waals surface area (Å²) in [5, 5.41) is 14.6. The fourth-order valence-corrected chi connectivity index (χ4v) is 3.31. The van der Waals surface area contributed by atoms with Crippen LogP contribution in [0.15, 0.2) is 18.2 Å². The number of aliphatic hydroxyl groups is 1. The van der Waals surface area contributed by atoms with Crippen LogP contribution in [-0.4, -0.2) is 39.9 Å². The maximum absolute atomic E-state index is 13.5. The van der Waals surface area contributed by atoms with E-state index >= 15 is 0 Å². The summed E-state index contributed by atoms with van der Waals surface area (Å²) in [6.07, 6.45) is 0. The minimum atomic E-state index is -0.840. The molecule has 0 fully saturated rings. The second-order valence-corrected chi connectivity index (χ2v) is 7.75. The van der Waals surface area contributed by atoms with Gasteiger partial charge in [-0.2, -0.15) is 0 Å². The van der Waals surface area contributed by atoms with Crippen molar-refractivity contribution in [2.24, 2.45) is 13.0 Å². The number of hydrogen-bond donors (Lipinski definition) is 3. The van der Waals surface area contributed by atoms with E-state index < -0.39 is 23.6 Å². The summed E-state index contributed by atoms with van der Waals surface area (Å²) in [5.41, 5.74) is 2.09. The van der Waals surface area contributed by atoms with Gasteiger partial charge in [0.25, 0.3) is 17.6 Å². The number of nitrogens with zero attached hydrogens (tertiary/aromatic N) is 1. The predicted molar refractivity (Wildman–Crippen MR) is 112 cm³/mol. The van der Waals surface area contributed by atoms with Crippen molar-refractivity contribution in [2.75, 3.05) is 11.9 Å². The van der Waals surface area contributed by atoms with E-state index in [0.717, 1.165) is 0 Å². The van der Waals surface area contributed by atoms with Crippen LogP contribution in [0, 0.1) is 32.5 Å². The van der Waals surface area contributed by atoms with Crippen LogP contribution in [0.4, 0.5) is 10.1 Å². The number of halogens is 1. The molecule has 0 saturated heterocycles. The maximum atomic E-state index is 13.5. The quantitative estimate of drug-likeness (QED) is 0.476. The second kappa shape index (κ2) is 9.21. The smallest absolute Gasteiger partial charge is 0.294 e. The number of aryl methyl sites for hydroxylation is 1. The number of Topliss-reactive ketones (excluding diaryl/α,β-unsaturated/α-hetero) is 1. The zero-order valence-corrected chi connectivity index (χ0v) is 18.1. The third kappa shape index (κ3) is 4.59. The fourth-order valence-electron chi connectivity index (χ4n) is 3.31. The van der Waals surface area contributed by atoms with Gasteiger partial charge >= 0.3 is 0 Å². The molecule has 7 nitrogen and oxygen atoms in total. The third-order valence-corrected chi connectivity index (χ3v) is 5.31. The van der Waals surface area contributed by atoms with Crippen molar-refractivity contribution in [1.82, 2.24) is 9.88 Å². The van der Waals surface area contributed by atoms with Crippen LogP contribution in [0.5, 0.6) is 0 Å². The normalized spacial score (nSPS) is 12.0. The Kier molecular flexibility index (Phi) is 7.15. The molecule has 30 heavy (non-hydrogen) atoms. The van der Waals surface area contributed by atoms with Crippen LogP contribution in [0.2, 0.25) is 0 Å². The molecule has 0 aliphatic heterocycles. The Morgan fingerprint density at radius 3 is 2.33 bits per heavy atom. The third-order valence-electron chi connectivity index (χ3n) is 5.31. The van der Waals surface area contributed by atoms with Crippen LogP contribution in [0.3, 0.4) is 0 Å². The summed E-state index contributed by atoms with van der Waals surface area (Å²) >= 11 is 0. The van der Waals surface area contributed by atoms with E-state index in [1.165, 1.54) is 22.8 Å². The van der Waals surface area contributed by atoms with E-state index in [-0.39, 0.29) is 29.6 Å². The highest BCUT2D eigenvalue weighted by Crippen LogP contribution is 2.24. The van der Waals surface area contributed by atoms with Crippen LogP contribution < -0.4 is 10.6 Å². The Labute approximate surface area is 175 Å². The molecular weight excluding hydrogens is 389 g/mol. The number of rotatable bonds is 7. The molecule has 0 unspecified atom stereocenters. The van der Waals surface area contributed by atoms with Crippen LogP contribution in [0.25, 0.3) is 0 Å². The lowest BCUT2D eigenvalue weighted by Gasteiger charge is -2.19. The molecule has 2 rings (SSSR count). The van der Waals surface area contributed by atoms with Crippen molar-refractivity contribution in [1.29, 1.82) is 0 Å². The SMILES string of the molecule is Cc1cc(NC(=O)c2c(C)c(C(=O)C(=O)N[C@H](CO)C(C)C)n(C)c2C)ccc1F. The summed E-state index contributed by atoms with van der Waals surface area (Å²) in [7, 11) is 1.60. The van der Waals surface area contributed by atoms with Crippen molar-refractivity contribution in [2.45, 2.75) is 40.7 Å². The molecule has 0 aliphatic rings. The molecule has 1 aromatic carbocycles. The summed E-state index contributed by atoms with van der Waals surface area (Å²) in [5.74, 6) is -2.51. The molecule has 8 heteroatoms. The molecule has 1 aromatic heterocycles. The highest BCUT2D eigenvalue weighted by molar-refractivity contribution is 6.43. The molecule has 1 heterocycles. The van der Waals surface area contributed by atoms with Crippen molar-refractivity contribution in [3.05, 3.63) is 52.1 Å². The number of hydrogen-bond acceptors (Lipinski definition) is 4. The minimum Gasteiger partial charge on any atom is -0.394 e. The topological polar surface area (TPSA) is 100 Å². The summed E-state index contributed by atoms with van der Waals surface area (Å²) in [6.45, 7) is 8.23. The lowest BCUT2D eigenvalue weighted by Crippen LogP contribution is -2.44. The van der Waals surface area contributed by atoms with Gasteiger partial charge in [-0.25, -0.2) is 4.39 Å². The van der Waals surface area contributed by atoms with E-state index in [1.54, 1.807) is 27.8 Å². The van der Waals surface area contributed by atoms with E-state index in [0.29, 0.717) is 22.5 Å². The molecule has 0 spiro atoms. The monoisotopic (exact) mass is 417 g/mol. The molecule has 2 aromatic rings. The number of amides is 2. The number of aliphatic hydroxyl groups excluding tert-OH is 1. The number of anilines is 1. The fraction of sp³-hybridized carbons (Fsp3) is 0.409. The summed E-state index contributed by atoms with van der Waals surface area (Å²) in [6, 6.07) is 3.68. The van der Waals surface area contributed by atoms with E-state index in [4.69, 9.17) is 0 Å². The summed E-state index contributed by atoms with van der Waals surface area (Å²) < 4.78 is 15.0. The standard InChI is InChI=1S/C22H28FN3O4/c1-11(2)17(10-27)25-22(30)20(28)19-13(4)18(14(5)26(19)6)21(29)24-15-7-8-16(23)12(3)9-15/h7-9,11,17,27H,10H2,1-6H3,(H,24,29)(H,25,30)/t17-/m1/s1. The van der Waals surface area contributed by atoms with E-state index in [2.05, 4.69) is 10.6 Å². The minimum absolute atomic E-state index is 0.0523. The molecule has 0 radical (unpaired) electrons. The number of nitrogens with one attached hydrogen (secondary N) is 2. The van der Waals surface area contributed by atoms with Gasteiger partial charge in [0.15, 0.2) is 0 Å². The van der Waals surface area contributed by atoms with Crippen LogP contribution in [-0.2, 0) is 11.8 Å². The first-order valence-corrected chi connectivity index (χ1v) is 9.69. The van der Waals surface area contributed by atoms with E-state index in [9.17, 15) is 23.9 Å². The Morgan fingerprint density at radius 2 is 1.80 bits per heavy atom. The van der Waals surface area contributed by atoms with Gasteiger partial charge in [-0.15, -0.1) is 0 Å². The van der Waals surface area contributed by atoms with E-state index in [1.807, 2.05) is 13.8 Å². The Balaban J connectivity index is 2.33. The average Bonchev–Trinajstić information content (AvgIpc) is 2.90. The van der Waals surface area contributed by atoms with Gasteiger partial charge in [0.05, 0.1) is 23.9 Å². The largest absolute Gasteiger partial charge is 0.394 e. The van der Waals surface area contributed by atoms with Gasteiger partial charge in [-0.3, -0.25) is 14.4 Å². The van der Waals surface area contributed by atoms with Crippen molar-refractivity contribution < 1.29 is 23.9 Å². The highest BCUT2D eigenvalue weighted by atomic mass is 19.1. The van der Waals surface area contributed by atoms with Gasteiger partial charge in [0, 0.05) is 18.4 Å². The second-order valence-electron chi connectivity index (χ2n) is 7.75. The number of benzene rings is 1. The maximum Gasteiger partial charge on any atom is 0.294 e. The first kappa shape index (κ1) is 23.3. The number of carbonyl (C=O) groups is 3. The first-order valence-electron chi connectivity index (χ1n) is 9.69. The average molecular weight is 417 g/mol. The van der Waals surface area contributed by atoms with Gasteiger partial charge in [-0.1, -0.05) is 13.8 Å². The molecule has 2 amide bonds. The Morgan fingerprint density at radius 1 is 1.17 bits per heavy atom. The molecule has 3 N–H and O–H groups in total. The van der Waals surface area contributed by atoms with Gasteiger partial charge in [-0.05, 0) is 56.0 Å². The predicted octanol–water partition coefficient (Wildman–Crippen LogP) is 2.66. The Bertz CT molecular complexity index is 995. The molecule has 162 valence electrons. The van der Waals surface area contributed by atoms with Crippen molar-refractivity contribution >= 4 is 23.3 Å². The van der Waals surface area contributed by atoms with Gasteiger partial charge in [0.2, 0.25) is 0 Å². The summed E-state index contributed by atoms with van der Waals surface area (Å²) in [4.78, 5) is 38.1. The van der Waals surface area contributed by atoms with Crippen LogP contribution in [0.1, 0.15) is 51.5 Å².